The molecular formula is C14H24. The summed E-state index contributed by atoms with van der Waals surface area (Å²) in [4.78, 5) is 0. The zero-order chi connectivity index (χ0) is 10.8. The minimum Gasteiger partial charge on any atom is -0.0780 e. The van der Waals surface area contributed by atoms with Crippen LogP contribution in [-0.4, -0.2) is 0 Å². The average molecular weight is 192 g/mol. The molecule has 1 aliphatic carbocycles. The van der Waals surface area contributed by atoms with Gasteiger partial charge in [-0.2, -0.15) is 0 Å². The number of unbranched alkanes of at least 4 members (excludes halogenated alkanes) is 1. The summed E-state index contributed by atoms with van der Waals surface area (Å²) in [6.07, 6.45) is 10.8. The first-order valence-electron chi connectivity index (χ1n) is 5.80. The molecule has 0 nitrogen and oxygen atoms in total. The van der Waals surface area contributed by atoms with E-state index in [0.717, 1.165) is 0 Å². The highest BCUT2D eigenvalue weighted by Crippen LogP contribution is 2.48. The lowest BCUT2D eigenvalue weighted by molar-refractivity contribution is 0.204. The quantitative estimate of drug-likeness (QED) is 0.606. The van der Waals surface area contributed by atoms with E-state index in [0.29, 0.717) is 10.8 Å². The second kappa shape index (κ2) is 3.92. The third kappa shape index (κ3) is 1.94. The van der Waals surface area contributed by atoms with Crippen LogP contribution in [0, 0.1) is 10.8 Å². The lowest BCUT2D eigenvalue weighted by Crippen LogP contribution is -2.34. The molecule has 1 rings (SSSR count). The maximum atomic E-state index is 2.37. The summed E-state index contributed by atoms with van der Waals surface area (Å²) < 4.78 is 0. The summed E-state index contributed by atoms with van der Waals surface area (Å²) in [7, 11) is 0. The summed E-state index contributed by atoms with van der Waals surface area (Å²) in [5.41, 5.74) is 2.23. The Kier molecular flexibility index (Phi) is 3.24. The van der Waals surface area contributed by atoms with Crippen molar-refractivity contribution < 1.29 is 0 Å². The van der Waals surface area contributed by atoms with Gasteiger partial charge in [0, 0.05) is 0 Å². The van der Waals surface area contributed by atoms with Crippen molar-refractivity contribution in [2.24, 2.45) is 10.8 Å². The molecule has 0 saturated heterocycles. The van der Waals surface area contributed by atoms with Crippen molar-refractivity contribution in [3.05, 3.63) is 23.8 Å². The second-order valence-electron chi connectivity index (χ2n) is 5.50. The van der Waals surface area contributed by atoms with Crippen molar-refractivity contribution in [2.75, 3.05) is 0 Å². The minimum atomic E-state index is 0.296. The molecule has 0 saturated carbocycles. The van der Waals surface area contributed by atoms with Gasteiger partial charge in [0.25, 0.3) is 0 Å². The van der Waals surface area contributed by atoms with Crippen LogP contribution in [0.3, 0.4) is 0 Å². The second-order valence-corrected chi connectivity index (χ2v) is 5.50. The molecule has 0 atom stereocenters. The fourth-order valence-electron chi connectivity index (χ4n) is 2.00. The molecule has 0 fully saturated rings. The first-order chi connectivity index (χ1) is 6.42. The standard InChI is InChI=1S/C14H24/c1-6-7-9-12-10-8-11-13(2,3)14(12,4)5/h8,10-11H,6-7,9H2,1-5H3. The molecule has 1 aliphatic rings. The number of hydrogen-bond acceptors (Lipinski definition) is 0. The first kappa shape index (κ1) is 11.6. The zero-order valence-electron chi connectivity index (χ0n) is 10.4. The van der Waals surface area contributed by atoms with E-state index in [9.17, 15) is 0 Å². The normalized spacial score (nSPS) is 23.4. The van der Waals surface area contributed by atoms with Gasteiger partial charge in [-0.05, 0) is 23.7 Å². The van der Waals surface area contributed by atoms with E-state index in [-0.39, 0.29) is 0 Å². The van der Waals surface area contributed by atoms with Crippen LogP contribution in [0.15, 0.2) is 23.8 Å². The lowest BCUT2D eigenvalue weighted by Gasteiger charge is -2.44. The molecule has 0 spiro atoms. The first-order valence-corrected chi connectivity index (χ1v) is 5.80. The predicted octanol–water partition coefficient (Wildman–Crippen LogP) is 4.73. The molecule has 0 unspecified atom stereocenters. The Morgan fingerprint density at radius 1 is 1.14 bits per heavy atom. The Balaban J connectivity index is 2.84. The SMILES string of the molecule is CCCCC1=CC=CC(C)(C)C1(C)C. The maximum absolute atomic E-state index is 2.37. The third-order valence-corrected chi connectivity index (χ3v) is 4.02. The van der Waals surface area contributed by atoms with Gasteiger partial charge in [0.15, 0.2) is 0 Å². The van der Waals surface area contributed by atoms with Gasteiger partial charge in [0.1, 0.15) is 0 Å². The largest absolute Gasteiger partial charge is 0.0780 e. The van der Waals surface area contributed by atoms with Crippen molar-refractivity contribution in [1.29, 1.82) is 0 Å². The fourth-order valence-corrected chi connectivity index (χ4v) is 2.00. The number of hydrogen-bond donors (Lipinski definition) is 0. The molecule has 0 N–H and O–H groups in total. The Bertz CT molecular complexity index is 251. The van der Waals surface area contributed by atoms with Crippen molar-refractivity contribution in [2.45, 2.75) is 53.9 Å². The molecule has 0 amide bonds. The van der Waals surface area contributed by atoms with E-state index < -0.39 is 0 Å². The van der Waals surface area contributed by atoms with Crippen molar-refractivity contribution in [1.82, 2.24) is 0 Å². The smallest absolute Gasteiger partial charge is 0.00558 e. The number of allylic oxidation sites excluding steroid dienone is 4. The van der Waals surface area contributed by atoms with Crippen LogP contribution in [0.25, 0.3) is 0 Å². The van der Waals surface area contributed by atoms with Gasteiger partial charge < -0.3 is 0 Å². The summed E-state index contributed by atoms with van der Waals surface area (Å²) in [5.74, 6) is 0. The monoisotopic (exact) mass is 192 g/mol. The molecule has 80 valence electrons. The molecule has 0 heteroatoms. The highest BCUT2D eigenvalue weighted by Gasteiger charge is 2.38. The Labute approximate surface area is 89.1 Å². The molecule has 0 aliphatic heterocycles. The van der Waals surface area contributed by atoms with Crippen LogP contribution in [-0.2, 0) is 0 Å². The summed E-state index contributed by atoms with van der Waals surface area (Å²) in [5, 5.41) is 0. The van der Waals surface area contributed by atoms with Crippen molar-refractivity contribution in [3.8, 4) is 0 Å². The van der Waals surface area contributed by atoms with Crippen molar-refractivity contribution in [3.63, 3.8) is 0 Å². The Morgan fingerprint density at radius 2 is 1.79 bits per heavy atom. The van der Waals surface area contributed by atoms with E-state index >= 15 is 0 Å². The predicted molar refractivity (Wildman–Crippen MR) is 64.3 cm³/mol. The van der Waals surface area contributed by atoms with Crippen LogP contribution >= 0.6 is 0 Å². The van der Waals surface area contributed by atoms with E-state index in [1.165, 1.54) is 19.3 Å². The van der Waals surface area contributed by atoms with Gasteiger partial charge in [0.2, 0.25) is 0 Å². The van der Waals surface area contributed by atoms with Gasteiger partial charge in [0.05, 0.1) is 0 Å². The van der Waals surface area contributed by atoms with Gasteiger partial charge in [-0.1, -0.05) is 64.8 Å². The summed E-state index contributed by atoms with van der Waals surface area (Å²) in [6.45, 7) is 11.7. The third-order valence-electron chi connectivity index (χ3n) is 4.02. The molecule has 0 aromatic carbocycles. The maximum Gasteiger partial charge on any atom is -0.00558 e. The van der Waals surface area contributed by atoms with E-state index in [1.807, 2.05) is 0 Å². The molecular weight excluding hydrogens is 168 g/mol. The van der Waals surface area contributed by atoms with Crippen LogP contribution in [0.4, 0.5) is 0 Å². The van der Waals surface area contributed by atoms with Gasteiger partial charge in [-0.3, -0.25) is 0 Å². The Morgan fingerprint density at radius 3 is 2.36 bits per heavy atom. The average Bonchev–Trinajstić information content (AvgIpc) is 2.08. The van der Waals surface area contributed by atoms with Crippen molar-refractivity contribution >= 4 is 0 Å². The van der Waals surface area contributed by atoms with E-state index in [1.54, 1.807) is 5.57 Å². The highest BCUT2D eigenvalue weighted by atomic mass is 14.4. The van der Waals surface area contributed by atoms with Gasteiger partial charge >= 0.3 is 0 Å². The van der Waals surface area contributed by atoms with E-state index in [2.05, 4.69) is 52.8 Å². The molecule has 0 bridgehead atoms. The summed E-state index contributed by atoms with van der Waals surface area (Å²) >= 11 is 0. The molecule has 0 aromatic rings. The topological polar surface area (TPSA) is 0 Å². The van der Waals surface area contributed by atoms with Crippen LogP contribution < -0.4 is 0 Å². The highest BCUT2D eigenvalue weighted by molar-refractivity contribution is 5.30. The fraction of sp³-hybridized carbons (Fsp3) is 0.714. The van der Waals surface area contributed by atoms with Crippen LogP contribution in [0.1, 0.15) is 53.9 Å². The Hall–Kier alpha value is -0.520. The van der Waals surface area contributed by atoms with Gasteiger partial charge in [-0.25, -0.2) is 0 Å². The van der Waals surface area contributed by atoms with Crippen LogP contribution in [0.2, 0.25) is 0 Å². The van der Waals surface area contributed by atoms with Gasteiger partial charge in [-0.15, -0.1) is 0 Å². The minimum absolute atomic E-state index is 0.296. The number of rotatable bonds is 3. The van der Waals surface area contributed by atoms with Crippen LogP contribution in [0.5, 0.6) is 0 Å². The lowest BCUT2D eigenvalue weighted by atomic mass is 9.61. The van der Waals surface area contributed by atoms with E-state index in [4.69, 9.17) is 0 Å². The molecule has 0 heterocycles. The molecule has 14 heavy (non-hydrogen) atoms. The zero-order valence-corrected chi connectivity index (χ0v) is 10.4. The molecule has 0 aromatic heterocycles. The summed E-state index contributed by atoms with van der Waals surface area (Å²) in [6, 6.07) is 0. The molecule has 0 radical (unpaired) electrons.